The summed E-state index contributed by atoms with van der Waals surface area (Å²) in [6, 6.07) is 12.8. The molecule has 2 aliphatic heterocycles. The van der Waals surface area contributed by atoms with Crippen LogP contribution in [0, 0.1) is 0 Å². The van der Waals surface area contributed by atoms with E-state index in [2.05, 4.69) is 16.8 Å². The van der Waals surface area contributed by atoms with E-state index < -0.39 is 0 Å². The van der Waals surface area contributed by atoms with Crippen LogP contribution in [0.2, 0.25) is 5.02 Å². The number of thiocarbonyl (C=S) groups is 1. The molecule has 1 amide bonds. The van der Waals surface area contributed by atoms with Gasteiger partial charge in [0.15, 0.2) is 0 Å². The minimum atomic E-state index is -0.239. The van der Waals surface area contributed by atoms with Crippen molar-refractivity contribution in [1.82, 2.24) is 19.2 Å². The zero-order chi connectivity index (χ0) is 23.8. The summed E-state index contributed by atoms with van der Waals surface area (Å²) in [5.41, 5.74) is 1.57. The van der Waals surface area contributed by atoms with E-state index in [4.69, 9.17) is 28.8 Å². The van der Waals surface area contributed by atoms with Gasteiger partial charge < -0.3 is 9.80 Å². The standard InChI is InChI=1S/C24H22ClN5O2S2/c1-27-10-12-28(13-11-27)21-17(22(31)29-9-5-4-8-20(29)26-21)14-19-23(32)30(24(33)34-19)15-16-6-2-3-7-18(16)25/h2-9,14H,10-13,15H2,1H3/b19-14-. The fourth-order valence-corrected chi connectivity index (χ4v) is 5.47. The molecule has 0 N–H and O–H groups in total. The number of nitrogens with zero attached hydrogens (tertiary/aromatic N) is 5. The summed E-state index contributed by atoms with van der Waals surface area (Å²) in [7, 11) is 2.07. The van der Waals surface area contributed by atoms with Crippen molar-refractivity contribution in [2.24, 2.45) is 0 Å². The molecule has 0 aliphatic carbocycles. The first kappa shape index (κ1) is 23.0. The zero-order valence-electron chi connectivity index (χ0n) is 18.5. The molecule has 7 nitrogen and oxygen atoms in total. The Bertz CT molecular complexity index is 1380. The number of hydrogen-bond acceptors (Lipinski definition) is 7. The second-order valence-corrected chi connectivity index (χ2v) is 10.3. The monoisotopic (exact) mass is 511 g/mol. The predicted octanol–water partition coefficient (Wildman–Crippen LogP) is 3.50. The molecule has 4 heterocycles. The molecule has 3 aromatic rings. The Morgan fingerprint density at radius 1 is 1.09 bits per heavy atom. The van der Waals surface area contributed by atoms with Crippen molar-refractivity contribution in [2.45, 2.75) is 6.54 Å². The molecule has 174 valence electrons. The molecule has 1 aromatic carbocycles. The Labute approximate surface area is 211 Å². The first-order chi connectivity index (χ1) is 16.4. The van der Waals surface area contributed by atoms with Crippen LogP contribution < -0.4 is 10.5 Å². The topological polar surface area (TPSA) is 61.2 Å². The maximum absolute atomic E-state index is 13.5. The van der Waals surface area contributed by atoms with Gasteiger partial charge in [0.2, 0.25) is 0 Å². The highest BCUT2D eigenvalue weighted by Gasteiger charge is 2.33. The largest absolute Gasteiger partial charge is 0.353 e. The lowest BCUT2D eigenvalue weighted by Crippen LogP contribution is -2.45. The average Bonchev–Trinajstić information content (AvgIpc) is 3.10. The minimum absolute atomic E-state index is 0.212. The summed E-state index contributed by atoms with van der Waals surface area (Å²) in [5, 5.41) is 0.579. The van der Waals surface area contributed by atoms with Gasteiger partial charge in [-0.3, -0.25) is 18.9 Å². The molecular weight excluding hydrogens is 490 g/mol. The third-order valence-electron chi connectivity index (χ3n) is 5.99. The fraction of sp³-hybridized carbons (Fsp3) is 0.250. The number of piperazine rings is 1. The molecule has 0 unspecified atom stereocenters. The zero-order valence-corrected chi connectivity index (χ0v) is 20.9. The molecule has 0 bridgehead atoms. The highest BCUT2D eigenvalue weighted by atomic mass is 35.5. The number of rotatable bonds is 4. The molecule has 10 heteroatoms. The molecule has 2 fully saturated rings. The summed E-state index contributed by atoms with van der Waals surface area (Å²) >= 11 is 13.0. The number of thioether (sulfide) groups is 1. The highest BCUT2D eigenvalue weighted by Crippen LogP contribution is 2.35. The lowest BCUT2D eigenvalue weighted by Gasteiger charge is -2.34. The van der Waals surface area contributed by atoms with Crippen LogP contribution in [0.25, 0.3) is 11.7 Å². The summed E-state index contributed by atoms with van der Waals surface area (Å²) in [6.07, 6.45) is 3.34. The third kappa shape index (κ3) is 4.36. The molecule has 34 heavy (non-hydrogen) atoms. The molecule has 2 aliphatic rings. The lowest BCUT2D eigenvalue weighted by atomic mass is 10.2. The number of benzene rings is 1. The number of aromatic nitrogens is 2. The van der Waals surface area contributed by atoms with Crippen LogP contribution in [-0.2, 0) is 11.3 Å². The number of halogens is 1. The van der Waals surface area contributed by atoms with Gasteiger partial charge in [0, 0.05) is 37.4 Å². The van der Waals surface area contributed by atoms with Crippen molar-refractivity contribution in [3.8, 4) is 0 Å². The molecule has 2 saturated heterocycles. The highest BCUT2D eigenvalue weighted by molar-refractivity contribution is 8.26. The lowest BCUT2D eigenvalue weighted by molar-refractivity contribution is -0.122. The molecule has 2 aromatic heterocycles. The van der Waals surface area contributed by atoms with Crippen LogP contribution in [0.1, 0.15) is 11.1 Å². The Kier molecular flexibility index (Phi) is 6.44. The third-order valence-corrected chi connectivity index (χ3v) is 7.73. The van der Waals surface area contributed by atoms with Crippen molar-refractivity contribution in [3.05, 3.63) is 80.1 Å². The van der Waals surface area contributed by atoms with Gasteiger partial charge in [0.25, 0.3) is 11.5 Å². The van der Waals surface area contributed by atoms with Crippen molar-refractivity contribution < 1.29 is 4.79 Å². The SMILES string of the molecule is CN1CCN(c2nc3ccccn3c(=O)c2/C=C2\SC(=S)N(Cc3ccccc3Cl)C2=O)CC1. The fourth-order valence-electron chi connectivity index (χ4n) is 4.04. The first-order valence-electron chi connectivity index (χ1n) is 10.9. The van der Waals surface area contributed by atoms with Gasteiger partial charge in [-0.2, -0.15) is 0 Å². The molecule has 0 spiro atoms. The molecule has 0 radical (unpaired) electrons. The number of fused-ring (bicyclic) bond motifs is 1. The van der Waals surface area contributed by atoms with Gasteiger partial charge in [-0.1, -0.05) is 59.8 Å². The number of hydrogen-bond donors (Lipinski definition) is 0. The number of carbonyl (C=O) groups is 1. The smallest absolute Gasteiger partial charge is 0.267 e. The van der Waals surface area contributed by atoms with E-state index in [9.17, 15) is 9.59 Å². The van der Waals surface area contributed by atoms with E-state index in [-0.39, 0.29) is 18.0 Å². The minimum Gasteiger partial charge on any atom is -0.353 e. The van der Waals surface area contributed by atoms with Gasteiger partial charge in [-0.05, 0) is 36.9 Å². The second kappa shape index (κ2) is 9.50. The Morgan fingerprint density at radius 2 is 1.82 bits per heavy atom. The van der Waals surface area contributed by atoms with Crippen molar-refractivity contribution >= 4 is 63.3 Å². The Balaban J connectivity index is 1.55. The van der Waals surface area contributed by atoms with Gasteiger partial charge in [-0.15, -0.1) is 0 Å². The van der Waals surface area contributed by atoms with E-state index in [1.165, 1.54) is 21.1 Å². The number of anilines is 1. The predicted molar refractivity (Wildman–Crippen MR) is 141 cm³/mol. The molecular formula is C24H22ClN5O2S2. The summed E-state index contributed by atoms with van der Waals surface area (Å²) in [5.74, 6) is 0.359. The van der Waals surface area contributed by atoms with E-state index in [1.54, 1.807) is 24.4 Å². The first-order valence-corrected chi connectivity index (χ1v) is 12.5. The quantitative estimate of drug-likeness (QED) is 0.392. The number of carbonyl (C=O) groups excluding carboxylic acids is 1. The van der Waals surface area contributed by atoms with Crippen LogP contribution in [-0.4, -0.2) is 62.6 Å². The van der Waals surface area contributed by atoms with Crippen molar-refractivity contribution in [2.75, 3.05) is 38.1 Å². The van der Waals surface area contributed by atoms with Crippen molar-refractivity contribution in [3.63, 3.8) is 0 Å². The van der Waals surface area contributed by atoms with Gasteiger partial charge in [0.05, 0.1) is 17.0 Å². The van der Waals surface area contributed by atoms with Gasteiger partial charge in [-0.25, -0.2) is 4.98 Å². The number of pyridine rings is 1. The van der Waals surface area contributed by atoms with Crippen LogP contribution >= 0.6 is 35.6 Å². The summed E-state index contributed by atoms with van der Waals surface area (Å²) < 4.78 is 1.95. The number of likely N-dealkylation sites (N-methyl/N-ethyl adjacent to an activating group) is 1. The van der Waals surface area contributed by atoms with Crippen LogP contribution in [0.5, 0.6) is 0 Å². The van der Waals surface area contributed by atoms with Crippen LogP contribution in [0.15, 0.2) is 58.4 Å². The molecule has 0 saturated carbocycles. The molecule has 5 rings (SSSR count). The van der Waals surface area contributed by atoms with E-state index in [1.807, 2.05) is 30.3 Å². The van der Waals surface area contributed by atoms with E-state index >= 15 is 0 Å². The van der Waals surface area contributed by atoms with Gasteiger partial charge in [0.1, 0.15) is 15.8 Å². The van der Waals surface area contributed by atoms with Crippen LogP contribution in [0.4, 0.5) is 5.82 Å². The number of amides is 1. The molecule has 0 atom stereocenters. The normalized spacial score (nSPS) is 18.5. The van der Waals surface area contributed by atoms with Gasteiger partial charge >= 0.3 is 0 Å². The van der Waals surface area contributed by atoms with Crippen LogP contribution in [0.3, 0.4) is 0 Å². The maximum Gasteiger partial charge on any atom is 0.267 e. The maximum atomic E-state index is 13.5. The van der Waals surface area contributed by atoms with E-state index in [0.29, 0.717) is 31.3 Å². The second-order valence-electron chi connectivity index (χ2n) is 8.23. The summed E-state index contributed by atoms with van der Waals surface area (Å²) in [6.45, 7) is 3.52. The van der Waals surface area contributed by atoms with Crippen molar-refractivity contribution in [1.29, 1.82) is 0 Å². The van der Waals surface area contributed by atoms with E-state index in [0.717, 1.165) is 31.7 Å². The Hall–Kier alpha value is -2.72. The summed E-state index contributed by atoms with van der Waals surface area (Å²) in [4.78, 5) is 37.9. The average molecular weight is 512 g/mol. The Morgan fingerprint density at radius 3 is 2.59 bits per heavy atom.